The summed E-state index contributed by atoms with van der Waals surface area (Å²) < 4.78 is 10.4. The van der Waals surface area contributed by atoms with E-state index in [-0.39, 0.29) is 0 Å². The molecule has 0 amide bonds. The Morgan fingerprint density at radius 3 is 2.67 bits per heavy atom. The Balaban J connectivity index is 2.15. The van der Waals surface area contributed by atoms with Crippen LogP contribution in [0.15, 0.2) is 30.5 Å². The Bertz CT molecular complexity index is 680. The van der Waals surface area contributed by atoms with Crippen molar-refractivity contribution in [1.29, 1.82) is 5.26 Å². The Labute approximate surface area is 123 Å². The number of rotatable bonds is 5. The monoisotopic (exact) mass is 284 g/mol. The number of nitriles is 1. The summed E-state index contributed by atoms with van der Waals surface area (Å²) in [6.45, 7) is 0.506. The summed E-state index contributed by atoms with van der Waals surface area (Å²) in [4.78, 5) is 4.13. The molecule has 108 valence electrons. The van der Waals surface area contributed by atoms with Gasteiger partial charge < -0.3 is 20.5 Å². The standard InChI is InChI=1S/C15H16N4O2/c1-20-13-4-3-10(5-14(13)21-2)8-18-15-11(7-16)6-12(17)9-19-15/h3-6,9H,8,17H2,1-2H3,(H,18,19). The second kappa shape index (κ2) is 6.48. The van der Waals surface area contributed by atoms with Crippen LogP contribution in [0, 0.1) is 11.3 Å². The molecule has 1 heterocycles. The molecule has 2 aromatic rings. The second-order valence-corrected chi connectivity index (χ2v) is 4.32. The lowest BCUT2D eigenvalue weighted by Gasteiger charge is -2.11. The number of anilines is 2. The summed E-state index contributed by atoms with van der Waals surface area (Å²) in [6.07, 6.45) is 1.51. The number of pyridine rings is 1. The molecule has 6 heteroatoms. The zero-order valence-corrected chi connectivity index (χ0v) is 11.9. The van der Waals surface area contributed by atoms with E-state index in [1.807, 2.05) is 18.2 Å². The fourth-order valence-corrected chi connectivity index (χ4v) is 1.88. The fraction of sp³-hybridized carbons (Fsp3) is 0.200. The van der Waals surface area contributed by atoms with Crippen molar-refractivity contribution >= 4 is 11.5 Å². The number of nitrogens with one attached hydrogen (secondary N) is 1. The van der Waals surface area contributed by atoms with Crippen LogP contribution >= 0.6 is 0 Å². The zero-order valence-electron chi connectivity index (χ0n) is 11.9. The third-order valence-electron chi connectivity index (χ3n) is 2.94. The lowest BCUT2D eigenvalue weighted by molar-refractivity contribution is 0.354. The average molecular weight is 284 g/mol. The molecule has 0 atom stereocenters. The average Bonchev–Trinajstić information content (AvgIpc) is 2.53. The normalized spacial score (nSPS) is 9.76. The number of nitrogens with two attached hydrogens (primary N) is 1. The SMILES string of the molecule is COc1ccc(CNc2ncc(N)cc2C#N)cc1OC. The fourth-order valence-electron chi connectivity index (χ4n) is 1.88. The highest BCUT2D eigenvalue weighted by Gasteiger charge is 2.07. The molecule has 1 aromatic heterocycles. The van der Waals surface area contributed by atoms with Crippen LogP contribution in [0.2, 0.25) is 0 Å². The van der Waals surface area contributed by atoms with Gasteiger partial charge in [-0.3, -0.25) is 0 Å². The molecule has 0 saturated carbocycles. The molecule has 0 bridgehead atoms. The van der Waals surface area contributed by atoms with Crippen LogP contribution in [0.1, 0.15) is 11.1 Å². The minimum Gasteiger partial charge on any atom is -0.493 e. The highest BCUT2D eigenvalue weighted by atomic mass is 16.5. The van der Waals surface area contributed by atoms with Crippen molar-refractivity contribution in [3.8, 4) is 17.6 Å². The Morgan fingerprint density at radius 1 is 1.24 bits per heavy atom. The van der Waals surface area contributed by atoms with Gasteiger partial charge >= 0.3 is 0 Å². The van der Waals surface area contributed by atoms with Crippen LogP contribution in [0.25, 0.3) is 0 Å². The highest BCUT2D eigenvalue weighted by molar-refractivity contribution is 5.57. The van der Waals surface area contributed by atoms with Gasteiger partial charge in [-0.2, -0.15) is 5.26 Å². The summed E-state index contributed by atoms with van der Waals surface area (Å²) in [5.74, 6) is 1.83. The van der Waals surface area contributed by atoms with Gasteiger partial charge in [0.05, 0.1) is 31.7 Å². The van der Waals surface area contributed by atoms with Gasteiger partial charge in [0.1, 0.15) is 11.9 Å². The van der Waals surface area contributed by atoms with Gasteiger partial charge in [-0.15, -0.1) is 0 Å². The molecule has 0 unspecified atom stereocenters. The molecular weight excluding hydrogens is 268 g/mol. The lowest BCUT2D eigenvalue weighted by atomic mass is 10.2. The van der Waals surface area contributed by atoms with Gasteiger partial charge in [-0.25, -0.2) is 4.98 Å². The van der Waals surface area contributed by atoms with E-state index in [0.717, 1.165) is 5.56 Å². The van der Waals surface area contributed by atoms with E-state index >= 15 is 0 Å². The van der Waals surface area contributed by atoms with Gasteiger partial charge in [0.2, 0.25) is 0 Å². The molecule has 0 aliphatic rings. The minimum atomic E-state index is 0.412. The molecule has 0 radical (unpaired) electrons. The van der Waals surface area contributed by atoms with E-state index in [1.165, 1.54) is 6.20 Å². The predicted octanol–water partition coefficient (Wildman–Crippen LogP) is 2.16. The number of hydrogen-bond donors (Lipinski definition) is 2. The largest absolute Gasteiger partial charge is 0.493 e. The molecular formula is C15H16N4O2. The van der Waals surface area contributed by atoms with Crippen molar-refractivity contribution in [3.05, 3.63) is 41.6 Å². The number of methoxy groups -OCH3 is 2. The molecule has 21 heavy (non-hydrogen) atoms. The third-order valence-corrected chi connectivity index (χ3v) is 2.94. The second-order valence-electron chi connectivity index (χ2n) is 4.32. The van der Waals surface area contributed by atoms with Crippen molar-refractivity contribution in [2.45, 2.75) is 6.54 Å². The quantitative estimate of drug-likeness (QED) is 0.874. The molecule has 0 fully saturated rings. The smallest absolute Gasteiger partial charge is 0.161 e. The van der Waals surface area contributed by atoms with Gasteiger partial charge in [-0.05, 0) is 23.8 Å². The van der Waals surface area contributed by atoms with Crippen LogP contribution in [-0.2, 0) is 6.54 Å². The number of nitrogen functional groups attached to an aromatic ring is 1. The van der Waals surface area contributed by atoms with E-state index < -0.39 is 0 Å². The topological polar surface area (TPSA) is 93.2 Å². The zero-order chi connectivity index (χ0) is 15.2. The van der Waals surface area contributed by atoms with E-state index in [1.54, 1.807) is 20.3 Å². The third kappa shape index (κ3) is 3.34. The number of aromatic nitrogens is 1. The first-order valence-electron chi connectivity index (χ1n) is 6.28. The Hall–Kier alpha value is -2.94. The molecule has 0 aliphatic carbocycles. The lowest BCUT2D eigenvalue weighted by Crippen LogP contribution is -2.04. The Morgan fingerprint density at radius 2 is 2.00 bits per heavy atom. The van der Waals surface area contributed by atoms with Crippen LogP contribution in [0.3, 0.4) is 0 Å². The van der Waals surface area contributed by atoms with Crippen molar-refractivity contribution in [1.82, 2.24) is 4.98 Å². The van der Waals surface area contributed by atoms with Crippen LogP contribution in [0.5, 0.6) is 11.5 Å². The summed E-state index contributed by atoms with van der Waals surface area (Å²) >= 11 is 0. The maximum absolute atomic E-state index is 9.07. The van der Waals surface area contributed by atoms with E-state index in [0.29, 0.717) is 35.1 Å². The highest BCUT2D eigenvalue weighted by Crippen LogP contribution is 2.28. The number of nitrogens with zero attached hydrogens (tertiary/aromatic N) is 2. The maximum Gasteiger partial charge on any atom is 0.161 e. The number of ether oxygens (including phenoxy) is 2. The van der Waals surface area contributed by atoms with E-state index in [9.17, 15) is 0 Å². The summed E-state index contributed by atoms with van der Waals surface area (Å²) in [6, 6.07) is 9.27. The summed E-state index contributed by atoms with van der Waals surface area (Å²) in [7, 11) is 3.18. The molecule has 0 spiro atoms. The summed E-state index contributed by atoms with van der Waals surface area (Å²) in [5.41, 5.74) is 7.46. The molecule has 1 aromatic carbocycles. The maximum atomic E-state index is 9.07. The Kier molecular flexibility index (Phi) is 4.46. The van der Waals surface area contributed by atoms with Crippen molar-refractivity contribution < 1.29 is 9.47 Å². The first-order valence-corrected chi connectivity index (χ1v) is 6.28. The molecule has 6 nitrogen and oxygen atoms in total. The first kappa shape index (κ1) is 14.5. The summed E-state index contributed by atoms with van der Waals surface area (Å²) in [5, 5.41) is 12.2. The molecule has 2 rings (SSSR count). The van der Waals surface area contributed by atoms with Crippen molar-refractivity contribution in [3.63, 3.8) is 0 Å². The van der Waals surface area contributed by atoms with Crippen LogP contribution in [-0.4, -0.2) is 19.2 Å². The first-order chi connectivity index (χ1) is 10.2. The van der Waals surface area contributed by atoms with Gasteiger partial charge in [0.15, 0.2) is 11.5 Å². The molecule has 3 N–H and O–H groups in total. The van der Waals surface area contributed by atoms with Crippen LogP contribution in [0.4, 0.5) is 11.5 Å². The van der Waals surface area contributed by atoms with Crippen molar-refractivity contribution in [2.75, 3.05) is 25.3 Å². The van der Waals surface area contributed by atoms with Gasteiger partial charge in [0.25, 0.3) is 0 Å². The van der Waals surface area contributed by atoms with Gasteiger partial charge in [0, 0.05) is 6.54 Å². The van der Waals surface area contributed by atoms with E-state index in [4.69, 9.17) is 20.5 Å². The van der Waals surface area contributed by atoms with Crippen LogP contribution < -0.4 is 20.5 Å². The van der Waals surface area contributed by atoms with Crippen molar-refractivity contribution in [2.24, 2.45) is 0 Å². The van der Waals surface area contributed by atoms with E-state index in [2.05, 4.69) is 16.4 Å². The molecule has 0 saturated heterocycles. The van der Waals surface area contributed by atoms with Gasteiger partial charge in [-0.1, -0.05) is 6.07 Å². The minimum absolute atomic E-state index is 0.412. The predicted molar refractivity (Wildman–Crippen MR) is 80.2 cm³/mol. The number of hydrogen-bond acceptors (Lipinski definition) is 6. The number of benzene rings is 1. The molecule has 0 aliphatic heterocycles.